The average molecular weight is 412 g/mol. The van der Waals surface area contributed by atoms with Crippen LogP contribution in [0.1, 0.15) is 10.7 Å². The lowest BCUT2D eigenvalue weighted by atomic mass is 10.3. The van der Waals surface area contributed by atoms with Crippen molar-refractivity contribution in [3.05, 3.63) is 41.3 Å². The van der Waals surface area contributed by atoms with Gasteiger partial charge in [-0.25, -0.2) is 14.5 Å². The summed E-state index contributed by atoms with van der Waals surface area (Å²) < 4.78 is 43.9. The smallest absolute Gasteiger partial charge is 0.388 e. The minimum Gasteiger partial charge on any atom is -0.388 e. The highest BCUT2D eigenvalue weighted by Crippen LogP contribution is 2.34. The van der Waals surface area contributed by atoms with Gasteiger partial charge in [-0.15, -0.1) is 0 Å². The number of amides is 1. The summed E-state index contributed by atoms with van der Waals surface area (Å²) in [4.78, 5) is 20.3. The van der Waals surface area contributed by atoms with Crippen LogP contribution < -0.4 is 15.4 Å². The van der Waals surface area contributed by atoms with Crippen LogP contribution in [-0.2, 0) is 6.54 Å². The van der Waals surface area contributed by atoms with E-state index in [-0.39, 0.29) is 16.7 Å². The molecule has 8 nitrogen and oxygen atoms in total. The van der Waals surface area contributed by atoms with E-state index in [2.05, 4.69) is 25.7 Å². The molecule has 148 valence electrons. The van der Waals surface area contributed by atoms with Crippen molar-refractivity contribution in [2.45, 2.75) is 26.6 Å². The fraction of sp³-hybridized carbons (Fsp3) is 0.250. The lowest BCUT2D eigenvalue weighted by molar-refractivity contribution is -0.142. The van der Waals surface area contributed by atoms with E-state index in [9.17, 15) is 18.0 Å². The first kappa shape index (κ1) is 19.6. The standard InChI is InChI=1S/C16H15F3N6O2S/c1-9-7-11(3-5-20-9)23-15(26)27-13-14(28-10(2)22-13)24-12-4-6-21-25(12)8-16(17,18)19/h3-7,24H,8H2,1-2H3,(H,20,23,26). The maximum absolute atomic E-state index is 12.6. The number of nitrogens with one attached hydrogen (secondary N) is 2. The van der Waals surface area contributed by atoms with E-state index in [0.29, 0.717) is 16.4 Å². The van der Waals surface area contributed by atoms with Crippen molar-refractivity contribution in [3.63, 3.8) is 0 Å². The monoisotopic (exact) mass is 412 g/mol. The van der Waals surface area contributed by atoms with Gasteiger partial charge in [-0.2, -0.15) is 18.3 Å². The summed E-state index contributed by atoms with van der Waals surface area (Å²) in [5, 5.41) is 9.82. The second-order valence-corrected chi connectivity index (χ2v) is 6.89. The van der Waals surface area contributed by atoms with Gasteiger partial charge in [0.1, 0.15) is 12.4 Å². The molecule has 0 bridgehead atoms. The molecule has 0 saturated heterocycles. The third-order valence-corrected chi connectivity index (χ3v) is 4.19. The normalized spacial score (nSPS) is 11.3. The summed E-state index contributed by atoms with van der Waals surface area (Å²) >= 11 is 1.13. The zero-order valence-electron chi connectivity index (χ0n) is 14.7. The Morgan fingerprint density at radius 2 is 2.07 bits per heavy atom. The maximum atomic E-state index is 12.6. The number of alkyl halides is 3. The first-order chi connectivity index (χ1) is 13.2. The SMILES string of the molecule is Cc1cc(NC(=O)Oc2nc(C)sc2Nc2ccnn2CC(F)(F)F)ccn1. The van der Waals surface area contributed by atoms with Crippen molar-refractivity contribution in [3.8, 4) is 5.88 Å². The number of pyridine rings is 1. The number of nitrogens with zero attached hydrogens (tertiary/aromatic N) is 4. The average Bonchev–Trinajstić information content (AvgIpc) is 3.12. The fourth-order valence-corrected chi connectivity index (χ4v) is 3.02. The van der Waals surface area contributed by atoms with Crippen LogP contribution in [0.25, 0.3) is 0 Å². The summed E-state index contributed by atoms with van der Waals surface area (Å²) in [7, 11) is 0. The molecule has 0 saturated carbocycles. The predicted molar refractivity (Wildman–Crippen MR) is 97.0 cm³/mol. The number of rotatable bonds is 5. The van der Waals surface area contributed by atoms with Crippen molar-refractivity contribution in [1.82, 2.24) is 19.7 Å². The number of aromatic nitrogens is 4. The molecule has 3 heterocycles. The maximum Gasteiger partial charge on any atom is 0.418 e. The lowest BCUT2D eigenvalue weighted by Gasteiger charge is -2.11. The second kappa shape index (κ2) is 7.84. The molecule has 3 aromatic rings. The Kier molecular flexibility index (Phi) is 5.49. The van der Waals surface area contributed by atoms with Gasteiger partial charge < -0.3 is 10.1 Å². The highest BCUT2D eigenvalue weighted by molar-refractivity contribution is 7.16. The van der Waals surface area contributed by atoms with Gasteiger partial charge in [-0.05, 0) is 26.0 Å². The van der Waals surface area contributed by atoms with E-state index in [1.54, 1.807) is 26.0 Å². The van der Waals surface area contributed by atoms with Crippen LogP contribution in [0.2, 0.25) is 0 Å². The van der Waals surface area contributed by atoms with Crippen molar-refractivity contribution >= 4 is 33.9 Å². The molecule has 0 aromatic carbocycles. The molecule has 3 aromatic heterocycles. The van der Waals surface area contributed by atoms with Crippen molar-refractivity contribution in [1.29, 1.82) is 0 Å². The van der Waals surface area contributed by atoms with E-state index in [1.807, 2.05) is 0 Å². The molecule has 0 atom stereocenters. The van der Waals surface area contributed by atoms with Gasteiger partial charge in [0.05, 0.1) is 11.2 Å². The minimum absolute atomic E-state index is 0.0504. The molecule has 12 heteroatoms. The molecule has 3 rings (SSSR count). The van der Waals surface area contributed by atoms with E-state index in [4.69, 9.17) is 4.74 Å². The summed E-state index contributed by atoms with van der Waals surface area (Å²) in [6.07, 6.45) is -2.44. The quantitative estimate of drug-likeness (QED) is 0.650. The first-order valence-corrected chi connectivity index (χ1v) is 8.76. The van der Waals surface area contributed by atoms with Gasteiger partial charge in [-0.3, -0.25) is 10.3 Å². The zero-order chi connectivity index (χ0) is 20.3. The van der Waals surface area contributed by atoms with E-state index in [0.717, 1.165) is 16.0 Å². The number of anilines is 3. The van der Waals surface area contributed by atoms with Gasteiger partial charge in [0.15, 0.2) is 5.00 Å². The fourth-order valence-electron chi connectivity index (χ4n) is 2.26. The predicted octanol–water partition coefficient (Wildman–Crippen LogP) is 4.27. The van der Waals surface area contributed by atoms with Crippen LogP contribution in [0.5, 0.6) is 5.88 Å². The molecule has 0 unspecified atom stereocenters. The van der Waals surface area contributed by atoms with Crippen LogP contribution in [0, 0.1) is 13.8 Å². The Labute approximate surface area is 161 Å². The summed E-state index contributed by atoms with van der Waals surface area (Å²) in [5.41, 5.74) is 1.20. The summed E-state index contributed by atoms with van der Waals surface area (Å²) in [6, 6.07) is 4.63. The van der Waals surface area contributed by atoms with Gasteiger partial charge in [0.2, 0.25) is 0 Å². The number of hydrogen-bond donors (Lipinski definition) is 2. The van der Waals surface area contributed by atoms with Gasteiger partial charge in [-0.1, -0.05) is 11.3 Å². The Balaban J connectivity index is 1.73. The highest BCUT2D eigenvalue weighted by Gasteiger charge is 2.29. The lowest BCUT2D eigenvalue weighted by Crippen LogP contribution is -2.20. The van der Waals surface area contributed by atoms with E-state index >= 15 is 0 Å². The molecule has 2 N–H and O–H groups in total. The molecule has 0 aliphatic heterocycles. The second-order valence-electron chi connectivity index (χ2n) is 5.68. The molecule has 28 heavy (non-hydrogen) atoms. The molecule has 1 amide bonds. The Hall–Kier alpha value is -3.15. The minimum atomic E-state index is -4.42. The molecule has 0 aliphatic carbocycles. The van der Waals surface area contributed by atoms with E-state index in [1.165, 1.54) is 18.5 Å². The van der Waals surface area contributed by atoms with Crippen LogP contribution in [0.15, 0.2) is 30.6 Å². The van der Waals surface area contributed by atoms with Gasteiger partial charge in [0, 0.05) is 23.6 Å². The topological polar surface area (TPSA) is 94.0 Å². The molecule has 0 spiro atoms. The Bertz CT molecular complexity index is 985. The molecule has 0 fully saturated rings. The third kappa shape index (κ3) is 5.19. The molecule has 0 radical (unpaired) electrons. The Morgan fingerprint density at radius 3 is 2.79 bits per heavy atom. The molecular weight excluding hydrogens is 397 g/mol. The van der Waals surface area contributed by atoms with Crippen LogP contribution >= 0.6 is 11.3 Å². The molecule has 0 aliphatic rings. The number of ether oxygens (including phenoxy) is 1. The van der Waals surface area contributed by atoms with Crippen molar-refractivity contribution in [2.75, 3.05) is 10.6 Å². The zero-order valence-corrected chi connectivity index (χ0v) is 15.6. The van der Waals surface area contributed by atoms with Crippen LogP contribution in [-0.4, -0.2) is 32.0 Å². The highest BCUT2D eigenvalue weighted by atomic mass is 32.1. The van der Waals surface area contributed by atoms with E-state index < -0.39 is 18.8 Å². The first-order valence-electron chi connectivity index (χ1n) is 7.94. The number of carbonyl (C=O) groups is 1. The number of hydrogen-bond acceptors (Lipinski definition) is 7. The number of carbonyl (C=O) groups excluding carboxylic acids is 1. The van der Waals surface area contributed by atoms with Crippen LogP contribution in [0.4, 0.5) is 34.5 Å². The van der Waals surface area contributed by atoms with Gasteiger partial charge in [0.25, 0.3) is 5.88 Å². The Morgan fingerprint density at radius 1 is 1.29 bits per heavy atom. The number of halogens is 3. The number of aryl methyl sites for hydroxylation is 2. The number of thiazole rings is 1. The van der Waals surface area contributed by atoms with Crippen LogP contribution in [0.3, 0.4) is 0 Å². The van der Waals surface area contributed by atoms with Gasteiger partial charge >= 0.3 is 12.3 Å². The summed E-state index contributed by atoms with van der Waals surface area (Å²) in [6.45, 7) is 2.20. The third-order valence-electron chi connectivity index (χ3n) is 3.32. The molecular formula is C16H15F3N6O2S. The van der Waals surface area contributed by atoms with Crippen molar-refractivity contribution in [2.24, 2.45) is 0 Å². The summed E-state index contributed by atoms with van der Waals surface area (Å²) in [5.74, 6) is 0.0431. The van der Waals surface area contributed by atoms with Crippen molar-refractivity contribution < 1.29 is 22.7 Å². The largest absolute Gasteiger partial charge is 0.418 e.